The second-order valence-electron chi connectivity index (χ2n) is 4.61. The number of aromatic nitrogens is 2. The van der Waals surface area contributed by atoms with Crippen molar-refractivity contribution in [2.75, 3.05) is 19.3 Å². The molecule has 18 heavy (non-hydrogen) atoms. The first-order chi connectivity index (χ1) is 8.49. The molecular formula is C11H17N5O2. The number of carbonyl (C=O) groups excluding carboxylic acids is 2. The number of rotatable bonds is 4. The Bertz CT molecular complexity index is 458. The highest BCUT2D eigenvalue weighted by Crippen LogP contribution is 2.18. The van der Waals surface area contributed by atoms with E-state index in [4.69, 9.17) is 5.73 Å². The Balaban J connectivity index is 1.97. The summed E-state index contributed by atoms with van der Waals surface area (Å²) < 4.78 is 0. The molecule has 1 aromatic rings. The van der Waals surface area contributed by atoms with Gasteiger partial charge in [-0.2, -0.15) is 5.10 Å². The number of likely N-dealkylation sites (N-methyl/N-ethyl adjacent to an activating group) is 1. The Kier molecular flexibility index (Phi) is 3.22. The summed E-state index contributed by atoms with van der Waals surface area (Å²) in [5.41, 5.74) is 6.55. The fourth-order valence-electron chi connectivity index (χ4n) is 1.70. The van der Waals surface area contributed by atoms with Crippen molar-refractivity contribution in [3.63, 3.8) is 0 Å². The van der Waals surface area contributed by atoms with E-state index < -0.39 is 0 Å². The topological polar surface area (TPSA) is 104 Å². The van der Waals surface area contributed by atoms with E-state index in [-0.39, 0.29) is 24.2 Å². The van der Waals surface area contributed by atoms with Gasteiger partial charge in [-0.15, -0.1) is 0 Å². The van der Waals surface area contributed by atoms with E-state index in [0.717, 1.165) is 12.8 Å². The third-order valence-corrected chi connectivity index (χ3v) is 2.86. The predicted molar refractivity (Wildman–Crippen MR) is 65.9 cm³/mol. The van der Waals surface area contributed by atoms with E-state index in [1.165, 1.54) is 4.90 Å². The van der Waals surface area contributed by atoms with Crippen LogP contribution in [0, 0.1) is 6.92 Å². The molecule has 1 saturated carbocycles. The molecule has 0 spiro atoms. The van der Waals surface area contributed by atoms with E-state index in [0.29, 0.717) is 17.3 Å². The van der Waals surface area contributed by atoms with Gasteiger partial charge >= 0.3 is 0 Å². The highest BCUT2D eigenvalue weighted by Gasteiger charge is 2.25. The van der Waals surface area contributed by atoms with Gasteiger partial charge in [0, 0.05) is 18.8 Å². The average Bonchev–Trinajstić information content (AvgIpc) is 3.03. The number of H-pyrrole nitrogens is 1. The molecule has 1 aromatic heterocycles. The monoisotopic (exact) mass is 251 g/mol. The van der Waals surface area contributed by atoms with Crippen molar-refractivity contribution in [2.45, 2.75) is 25.8 Å². The van der Waals surface area contributed by atoms with Crippen LogP contribution in [0.4, 0.5) is 5.82 Å². The largest absolute Gasteiger partial charge is 0.382 e. The molecule has 2 amide bonds. The molecule has 0 bridgehead atoms. The molecule has 1 aliphatic rings. The summed E-state index contributed by atoms with van der Waals surface area (Å²) in [6.45, 7) is 1.74. The van der Waals surface area contributed by atoms with Crippen LogP contribution in [0.25, 0.3) is 0 Å². The Hall–Kier alpha value is -2.05. The summed E-state index contributed by atoms with van der Waals surface area (Å²) in [7, 11) is 1.57. The molecule has 1 heterocycles. The van der Waals surface area contributed by atoms with Gasteiger partial charge in [0.25, 0.3) is 5.91 Å². The molecular weight excluding hydrogens is 234 g/mol. The lowest BCUT2D eigenvalue weighted by atomic mass is 10.2. The molecule has 4 N–H and O–H groups in total. The number of carbonyl (C=O) groups is 2. The lowest BCUT2D eigenvalue weighted by molar-refractivity contribution is -0.121. The summed E-state index contributed by atoms with van der Waals surface area (Å²) in [6, 6.07) is 0.293. The normalized spacial score (nSPS) is 14.3. The highest BCUT2D eigenvalue weighted by molar-refractivity contribution is 6.00. The number of anilines is 1. The minimum atomic E-state index is -0.301. The zero-order valence-electron chi connectivity index (χ0n) is 10.5. The fraction of sp³-hybridized carbons (Fsp3) is 0.545. The fourth-order valence-corrected chi connectivity index (χ4v) is 1.70. The van der Waals surface area contributed by atoms with Crippen molar-refractivity contribution < 1.29 is 9.59 Å². The highest BCUT2D eigenvalue weighted by atomic mass is 16.2. The Morgan fingerprint density at radius 2 is 2.22 bits per heavy atom. The van der Waals surface area contributed by atoms with Crippen molar-refractivity contribution in [3.05, 3.63) is 11.3 Å². The van der Waals surface area contributed by atoms with Crippen LogP contribution in [0.1, 0.15) is 28.9 Å². The van der Waals surface area contributed by atoms with Gasteiger partial charge < -0.3 is 16.0 Å². The first-order valence-corrected chi connectivity index (χ1v) is 5.84. The Morgan fingerprint density at radius 1 is 1.56 bits per heavy atom. The molecule has 0 atom stereocenters. The molecule has 2 rings (SSSR count). The first kappa shape index (κ1) is 12.4. The Labute approximate surface area is 105 Å². The van der Waals surface area contributed by atoms with Gasteiger partial charge in [0.15, 0.2) is 5.82 Å². The summed E-state index contributed by atoms with van der Waals surface area (Å²) in [6.07, 6.45) is 2.05. The van der Waals surface area contributed by atoms with Crippen LogP contribution in [0.2, 0.25) is 0 Å². The number of aryl methyl sites for hydroxylation is 1. The van der Waals surface area contributed by atoms with E-state index in [9.17, 15) is 9.59 Å². The van der Waals surface area contributed by atoms with Gasteiger partial charge in [-0.25, -0.2) is 0 Å². The molecule has 0 aliphatic heterocycles. The van der Waals surface area contributed by atoms with Crippen LogP contribution in [0.5, 0.6) is 0 Å². The number of amides is 2. The van der Waals surface area contributed by atoms with Gasteiger partial charge in [-0.05, 0) is 19.8 Å². The third kappa shape index (κ3) is 2.61. The van der Waals surface area contributed by atoms with E-state index in [1.54, 1.807) is 14.0 Å². The van der Waals surface area contributed by atoms with Gasteiger partial charge in [0.2, 0.25) is 5.91 Å². The van der Waals surface area contributed by atoms with Crippen LogP contribution in [0.3, 0.4) is 0 Å². The third-order valence-electron chi connectivity index (χ3n) is 2.86. The van der Waals surface area contributed by atoms with E-state index in [1.807, 2.05) is 0 Å². The number of nitrogens with one attached hydrogen (secondary N) is 2. The number of nitrogens with zero attached hydrogens (tertiary/aromatic N) is 2. The standard InChI is InChI=1S/C11H17N5O2/c1-6-9(10(12)15-14-6)11(18)16(2)5-8(17)13-7-3-4-7/h7H,3-5H2,1-2H3,(H,13,17)(H3,12,14,15). The quantitative estimate of drug-likeness (QED) is 0.680. The van der Waals surface area contributed by atoms with Crippen LogP contribution in [-0.2, 0) is 4.79 Å². The summed E-state index contributed by atoms with van der Waals surface area (Å²) >= 11 is 0. The number of nitrogen functional groups attached to an aromatic ring is 1. The molecule has 1 aliphatic carbocycles. The molecule has 1 fully saturated rings. The molecule has 0 unspecified atom stereocenters. The van der Waals surface area contributed by atoms with Crippen molar-refractivity contribution in [1.29, 1.82) is 0 Å². The van der Waals surface area contributed by atoms with Gasteiger partial charge in [-0.1, -0.05) is 0 Å². The van der Waals surface area contributed by atoms with Crippen LogP contribution in [-0.4, -0.2) is 46.5 Å². The number of nitrogens with two attached hydrogens (primary N) is 1. The Morgan fingerprint density at radius 3 is 2.72 bits per heavy atom. The van der Waals surface area contributed by atoms with Crippen LogP contribution < -0.4 is 11.1 Å². The van der Waals surface area contributed by atoms with Crippen molar-refractivity contribution in [1.82, 2.24) is 20.4 Å². The molecule has 7 heteroatoms. The zero-order chi connectivity index (χ0) is 13.3. The van der Waals surface area contributed by atoms with Crippen LogP contribution in [0.15, 0.2) is 0 Å². The number of hydrogen-bond acceptors (Lipinski definition) is 4. The van der Waals surface area contributed by atoms with Crippen molar-refractivity contribution >= 4 is 17.6 Å². The minimum absolute atomic E-state index is 0.0272. The lowest BCUT2D eigenvalue weighted by Gasteiger charge is -2.16. The summed E-state index contributed by atoms with van der Waals surface area (Å²) in [4.78, 5) is 25.0. The molecule has 0 saturated heterocycles. The summed E-state index contributed by atoms with van der Waals surface area (Å²) in [5.74, 6) is -0.287. The van der Waals surface area contributed by atoms with Gasteiger partial charge in [0.1, 0.15) is 5.56 Å². The number of hydrogen-bond donors (Lipinski definition) is 3. The second-order valence-corrected chi connectivity index (χ2v) is 4.61. The number of aromatic amines is 1. The van der Waals surface area contributed by atoms with Gasteiger partial charge in [0.05, 0.1) is 6.54 Å². The smallest absolute Gasteiger partial charge is 0.259 e. The predicted octanol–water partition coefficient (Wildman–Crippen LogP) is -0.349. The summed E-state index contributed by atoms with van der Waals surface area (Å²) in [5, 5.41) is 9.23. The van der Waals surface area contributed by atoms with E-state index in [2.05, 4.69) is 15.5 Å². The van der Waals surface area contributed by atoms with E-state index >= 15 is 0 Å². The van der Waals surface area contributed by atoms with Gasteiger partial charge in [-0.3, -0.25) is 14.7 Å². The minimum Gasteiger partial charge on any atom is -0.382 e. The zero-order valence-corrected chi connectivity index (χ0v) is 10.5. The maximum absolute atomic E-state index is 12.1. The second kappa shape index (κ2) is 4.67. The lowest BCUT2D eigenvalue weighted by Crippen LogP contribution is -2.39. The van der Waals surface area contributed by atoms with Crippen molar-refractivity contribution in [3.8, 4) is 0 Å². The van der Waals surface area contributed by atoms with Crippen LogP contribution >= 0.6 is 0 Å². The average molecular weight is 251 g/mol. The SMILES string of the molecule is Cc1[nH]nc(N)c1C(=O)N(C)CC(=O)NC1CC1. The molecule has 98 valence electrons. The van der Waals surface area contributed by atoms with Crippen molar-refractivity contribution in [2.24, 2.45) is 0 Å². The molecule has 0 radical (unpaired) electrons. The molecule has 0 aromatic carbocycles. The maximum atomic E-state index is 12.1. The maximum Gasteiger partial charge on any atom is 0.259 e. The first-order valence-electron chi connectivity index (χ1n) is 5.84. The molecule has 7 nitrogen and oxygen atoms in total.